The van der Waals surface area contributed by atoms with Crippen LogP contribution in [0.1, 0.15) is 25.3 Å². The highest BCUT2D eigenvalue weighted by Gasteiger charge is 1.97. The third-order valence-electron chi connectivity index (χ3n) is 1.78. The minimum Gasteiger partial charge on any atom is -0.344 e. The van der Waals surface area contributed by atoms with Crippen LogP contribution in [0.2, 0.25) is 0 Å². The molecule has 1 aromatic rings. The van der Waals surface area contributed by atoms with Gasteiger partial charge in [0.25, 0.3) is 0 Å². The summed E-state index contributed by atoms with van der Waals surface area (Å²) in [6.45, 7) is 5.50. The summed E-state index contributed by atoms with van der Waals surface area (Å²) in [6.07, 6.45) is 6.85. The molecule has 1 heterocycles. The molecule has 0 saturated heterocycles. The summed E-state index contributed by atoms with van der Waals surface area (Å²) >= 11 is 0. The van der Waals surface area contributed by atoms with Gasteiger partial charge in [-0.2, -0.15) is 0 Å². The first-order chi connectivity index (χ1) is 5.33. The topological polar surface area (TPSA) is 38.9 Å². The van der Waals surface area contributed by atoms with E-state index in [2.05, 4.69) is 42.9 Å². The van der Waals surface area contributed by atoms with E-state index < -0.39 is 0 Å². The van der Waals surface area contributed by atoms with Crippen LogP contribution in [0.25, 0.3) is 0 Å². The molecular weight excluding hydrogens is 184 g/mol. The maximum Gasteiger partial charge on any atom is 0.171 e. The van der Waals surface area contributed by atoms with Gasteiger partial charge in [0, 0.05) is 18.1 Å². The summed E-state index contributed by atoms with van der Waals surface area (Å²) in [6, 6.07) is 4.23. The molecule has 1 rings (SSSR count). The Kier molecular flexibility index (Phi) is 9.19. The van der Waals surface area contributed by atoms with Gasteiger partial charge in [0.1, 0.15) is 6.54 Å². The standard InChI is InChI=1S/C10H16N.ClH.H3N/c1-3-4-7-11-8-5-6-10(2)9-11;;/h5-6,8-9H,3-4,7H2,1-2H3;1H;1H3/q+1;;. The van der Waals surface area contributed by atoms with Gasteiger partial charge in [-0.3, -0.25) is 0 Å². The summed E-state index contributed by atoms with van der Waals surface area (Å²) in [5, 5.41) is 0. The van der Waals surface area contributed by atoms with Gasteiger partial charge in [-0.05, 0) is 13.0 Å². The lowest BCUT2D eigenvalue weighted by atomic mass is 10.3. The van der Waals surface area contributed by atoms with Gasteiger partial charge in [0.05, 0.1) is 0 Å². The highest BCUT2D eigenvalue weighted by atomic mass is 35.5. The smallest absolute Gasteiger partial charge is 0.171 e. The van der Waals surface area contributed by atoms with E-state index in [1.54, 1.807) is 0 Å². The summed E-state index contributed by atoms with van der Waals surface area (Å²) in [7, 11) is 0. The van der Waals surface area contributed by atoms with E-state index in [4.69, 9.17) is 0 Å². The summed E-state index contributed by atoms with van der Waals surface area (Å²) in [5.74, 6) is 0. The number of hydrogen-bond acceptors (Lipinski definition) is 1. The highest BCUT2D eigenvalue weighted by molar-refractivity contribution is 5.85. The predicted molar refractivity (Wildman–Crippen MR) is 58.6 cm³/mol. The summed E-state index contributed by atoms with van der Waals surface area (Å²) in [4.78, 5) is 0. The van der Waals surface area contributed by atoms with Crippen molar-refractivity contribution in [1.82, 2.24) is 6.15 Å². The lowest BCUT2D eigenvalue weighted by Crippen LogP contribution is -2.32. The molecular formula is C10H20ClN2+. The minimum atomic E-state index is 0. The molecule has 0 amide bonds. The van der Waals surface area contributed by atoms with Crippen molar-refractivity contribution < 1.29 is 4.57 Å². The molecule has 0 unspecified atom stereocenters. The molecule has 0 aliphatic heterocycles. The molecule has 3 N–H and O–H groups in total. The van der Waals surface area contributed by atoms with Crippen LogP contribution in [-0.2, 0) is 6.54 Å². The molecule has 0 saturated carbocycles. The van der Waals surface area contributed by atoms with Crippen molar-refractivity contribution in [2.45, 2.75) is 33.2 Å². The Bertz CT molecular complexity index is 226. The van der Waals surface area contributed by atoms with Crippen LogP contribution in [0.4, 0.5) is 0 Å². The minimum absolute atomic E-state index is 0. The van der Waals surface area contributed by atoms with Crippen LogP contribution < -0.4 is 10.7 Å². The molecule has 0 fully saturated rings. The second-order valence-corrected chi connectivity index (χ2v) is 2.97. The van der Waals surface area contributed by atoms with Crippen molar-refractivity contribution in [1.29, 1.82) is 0 Å². The predicted octanol–water partition coefficient (Wildman–Crippen LogP) is 2.67. The molecule has 0 aromatic carbocycles. The monoisotopic (exact) mass is 203 g/mol. The van der Waals surface area contributed by atoms with E-state index in [-0.39, 0.29) is 18.6 Å². The number of halogens is 1. The largest absolute Gasteiger partial charge is 0.344 e. The molecule has 2 nitrogen and oxygen atoms in total. The maximum atomic E-state index is 2.25. The summed E-state index contributed by atoms with van der Waals surface area (Å²) in [5.41, 5.74) is 1.34. The zero-order chi connectivity index (χ0) is 8.10. The average Bonchev–Trinajstić information content (AvgIpc) is 2.01. The van der Waals surface area contributed by atoms with Crippen LogP contribution in [0, 0.1) is 6.92 Å². The Morgan fingerprint density at radius 2 is 2.08 bits per heavy atom. The maximum absolute atomic E-state index is 2.25. The van der Waals surface area contributed by atoms with Gasteiger partial charge in [-0.15, -0.1) is 12.4 Å². The zero-order valence-electron chi connectivity index (χ0n) is 8.49. The lowest BCUT2D eigenvalue weighted by Gasteiger charge is -1.94. The van der Waals surface area contributed by atoms with Crippen molar-refractivity contribution in [2.75, 3.05) is 0 Å². The molecule has 76 valence electrons. The lowest BCUT2D eigenvalue weighted by molar-refractivity contribution is -0.697. The molecule has 0 bridgehead atoms. The van der Waals surface area contributed by atoms with Crippen LogP contribution in [0.15, 0.2) is 24.5 Å². The first-order valence-corrected chi connectivity index (χ1v) is 4.28. The molecule has 0 atom stereocenters. The second kappa shape index (κ2) is 8.02. The molecule has 0 radical (unpaired) electrons. The van der Waals surface area contributed by atoms with Crippen molar-refractivity contribution in [3.63, 3.8) is 0 Å². The van der Waals surface area contributed by atoms with E-state index >= 15 is 0 Å². The highest BCUT2D eigenvalue weighted by Crippen LogP contribution is 1.91. The second-order valence-electron chi connectivity index (χ2n) is 2.97. The Morgan fingerprint density at radius 1 is 1.38 bits per heavy atom. The third kappa shape index (κ3) is 5.61. The van der Waals surface area contributed by atoms with Crippen molar-refractivity contribution in [2.24, 2.45) is 0 Å². The van der Waals surface area contributed by atoms with E-state index in [0.717, 1.165) is 6.54 Å². The van der Waals surface area contributed by atoms with Crippen LogP contribution >= 0.6 is 12.4 Å². The number of pyridine rings is 1. The Balaban J connectivity index is 0. The number of hydrogen-bond donors (Lipinski definition) is 1. The van der Waals surface area contributed by atoms with Crippen LogP contribution in [0.5, 0.6) is 0 Å². The number of rotatable bonds is 3. The first-order valence-electron chi connectivity index (χ1n) is 4.28. The molecule has 0 aliphatic carbocycles. The average molecular weight is 204 g/mol. The fourth-order valence-electron chi connectivity index (χ4n) is 1.13. The van der Waals surface area contributed by atoms with E-state index in [1.807, 2.05) is 0 Å². The Hall–Kier alpha value is -0.600. The molecule has 1 aromatic heterocycles. The molecule has 3 heteroatoms. The zero-order valence-corrected chi connectivity index (χ0v) is 9.31. The molecule has 0 aliphatic rings. The van der Waals surface area contributed by atoms with Gasteiger partial charge in [-0.1, -0.05) is 13.3 Å². The van der Waals surface area contributed by atoms with E-state index in [0.29, 0.717) is 0 Å². The van der Waals surface area contributed by atoms with Gasteiger partial charge in [-0.25, -0.2) is 4.57 Å². The normalized spacial score (nSPS) is 8.46. The Morgan fingerprint density at radius 3 is 2.62 bits per heavy atom. The number of aromatic nitrogens is 1. The van der Waals surface area contributed by atoms with E-state index in [9.17, 15) is 0 Å². The van der Waals surface area contributed by atoms with Crippen LogP contribution in [-0.4, -0.2) is 0 Å². The third-order valence-corrected chi connectivity index (χ3v) is 1.78. The van der Waals surface area contributed by atoms with Crippen molar-refractivity contribution >= 4 is 12.4 Å². The quantitative estimate of drug-likeness (QED) is 0.754. The first kappa shape index (κ1) is 14.9. The number of unbranched alkanes of at least 4 members (excludes halogenated alkanes) is 1. The molecule has 0 spiro atoms. The van der Waals surface area contributed by atoms with Crippen molar-refractivity contribution in [3.8, 4) is 0 Å². The van der Waals surface area contributed by atoms with Gasteiger partial charge in [0.15, 0.2) is 12.4 Å². The fourth-order valence-corrected chi connectivity index (χ4v) is 1.13. The van der Waals surface area contributed by atoms with E-state index in [1.165, 1.54) is 18.4 Å². The van der Waals surface area contributed by atoms with Crippen LogP contribution in [0.3, 0.4) is 0 Å². The fraction of sp³-hybridized carbons (Fsp3) is 0.500. The summed E-state index contributed by atoms with van der Waals surface area (Å²) < 4.78 is 2.25. The number of aryl methyl sites for hydroxylation is 2. The number of nitrogens with zero attached hydrogens (tertiary/aromatic N) is 1. The molecule has 13 heavy (non-hydrogen) atoms. The SMILES string of the molecule is CCCC[n+]1cccc(C)c1.Cl.N. The van der Waals surface area contributed by atoms with Crippen molar-refractivity contribution in [3.05, 3.63) is 30.1 Å². The van der Waals surface area contributed by atoms with Gasteiger partial charge in [0.2, 0.25) is 0 Å². The Labute approximate surface area is 87.0 Å². The van der Waals surface area contributed by atoms with Gasteiger partial charge >= 0.3 is 0 Å². The van der Waals surface area contributed by atoms with Gasteiger partial charge < -0.3 is 6.15 Å².